The third-order valence-electron chi connectivity index (χ3n) is 7.11. The molecule has 0 aromatic heterocycles. The highest BCUT2D eigenvalue weighted by atomic mass is 16.5. The number of methoxy groups -OCH3 is 3. The predicted molar refractivity (Wildman–Crippen MR) is 161 cm³/mol. The first-order valence-corrected chi connectivity index (χ1v) is 14.3. The number of nitrogens with one attached hydrogen (secondary N) is 2. The van der Waals surface area contributed by atoms with E-state index in [-0.39, 0.29) is 24.8 Å². The Morgan fingerprint density at radius 2 is 1.64 bits per heavy atom. The van der Waals surface area contributed by atoms with Crippen molar-refractivity contribution < 1.29 is 28.5 Å². The van der Waals surface area contributed by atoms with E-state index in [1.54, 1.807) is 21.3 Å². The minimum atomic E-state index is -0.116. The van der Waals surface area contributed by atoms with Gasteiger partial charge in [-0.3, -0.25) is 14.5 Å². The molecule has 0 saturated heterocycles. The van der Waals surface area contributed by atoms with Gasteiger partial charge in [0.05, 0.1) is 40.9 Å². The molecule has 1 heterocycles. The van der Waals surface area contributed by atoms with Crippen LogP contribution < -0.4 is 29.6 Å². The number of benzene rings is 3. The molecule has 224 valence electrons. The van der Waals surface area contributed by atoms with Crippen LogP contribution in [0.25, 0.3) is 0 Å². The van der Waals surface area contributed by atoms with Crippen molar-refractivity contribution in [3.8, 4) is 23.0 Å². The van der Waals surface area contributed by atoms with Gasteiger partial charge in [-0.25, -0.2) is 0 Å². The fraction of sp³-hybridized carbons (Fsp3) is 0.394. The fourth-order valence-electron chi connectivity index (χ4n) is 5.02. The summed E-state index contributed by atoms with van der Waals surface area (Å²) in [6.07, 6.45) is 3.02. The number of hydrogen-bond donors (Lipinski definition) is 2. The maximum atomic E-state index is 13.0. The van der Waals surface area contributed by atoms with E-state index in [9.17, 15) is 9.59 Å². The van der Waals surface area contributed by atoms with Gasteiger partial charge < -0.3 is 29.6 Å². The van der Waals surface area contributed by atoms with Crippen LogP contribution in [0.1, 0.15) is 41.5 Å². The van der Waals surface area contributed by atoms with Crippen molar-refractivity contribution in [2.75, 3.05) is 41.0 Å². The number of amides is 2. The van der Waals surface area contributed by atoms with Crippen molar-refractivity contribution in [3.63, 3.8) is 0 Å². The standard InChI is InChI=1S/C33H41N3O6/c1-39-29-17-26(18-30(40-2)33(29)41-3)20-35-31(37)19-25-12-13-28-27(16-25)22-36(21-24-10-6-4-7-11-24)23-32(38)34-14-8-5-9-15-42-28/h4,6-7,10-13,16-18H,5,8-9,14-15,19-23H2,1-3H3,(H,34,38)(H,35,37). The summed E-state index contributed by atoms with van der Waals surface area (Å²) in [5.74, 6) is 2.25. The van der Waals surface area contributed by atoms with Crippen LogP contribution in [-0.2, 0) is 35.6 Å². The minimum Gasteiger partial charge on any atom is -0.493 e. The summed E-state index contributed by atoms with van der Waals surface area (Å²) >= 11 is 0. The zero-order valence-electron chi connectivity index (χ0n) is 24.7. The Kier molecular flexibility index (Phi) is 11.5. The molecule has 1 aliphatic heterocycles. The Hall–Kier alpha value is -4.24. The molecule has 2 N–H and O–H groups in total. The van der Waals surface area contributed by atoms with Crippen LogP contribution in [0.3, 0.4) is 0 Å². The van der Waals surface area contributed by atoms with E-state index in [4.69, 9.17) is 18.9 Å². The second-order valence-corrected chi connectivity index (χ2v) is 10.3. The predicted octanol–water partition coefficient (Wildman–Crippen LogP) is 4.25. The number of ether oxygens (including phenoxy) is 4. The van der Waals surface area contributed by atoms with E-state index in [2.05, 4.69) is 27.7 Å². The molecular weight excluding hydrogens is 534 g/mol. The Morgan fingerprint density at radius 1 is 0.881 bits per heavy atom. The summed E-state index contributed by atoms with van der Waals surface area (Å²) in [5.41, 5.74) is 3.77. The molecule has 0 saturated carbocycles. The van der Waals surface area contributed by atoms with Crippen LogP contribution in [0, 0.1) is 0 Å². The molecule has 0 fully saturated rings. The summed E-state index contributed by atoms with van der Waals surface area (Å²) in [7, 11) is 4.68. The number of nitrogens with zero attached hydrogens (tertiary/aromatic N) is 1. The number of hydrogen-bond acceptors (Lipinski definition) is 7. The zero-order valence-corrected chi connectivity index (χ0v) is 24.7. The lowest BCUT2D eigenvalue weighted by molar-refractivity contribution is -0.122. The SMILES string of the molecule is COc1cc(CNC(=O)Cc2ccc3c(c2)CN(Cc2ccccc2)CC(=O)NCCCCCO3)cc(OC)c1OC. The topological polar surface area (TPSA) is 98.4 Å². The van der Waals surface area contributed by atoms with Gasteiger partial charge in [0, 0.05) is 31.7 Å². The number of rotatable bonds is 9. The number of fused-ring (bicyclic) bond motifs is 1. The summed E-state index contributed by atoms with van der Waals surface area (Å²) in [4.78, 5) is 27.9. The van der Waals surface area contributed by atoms with Crippen LogP contribution in [0.5, 0.6) is 23.0 Å². The Balaban J connectivity index is 1.49. The lowest BCUT2D eigenvalue weighted by Crippen LogP contribution is -2.37. The smallest absolute Gasteiger partial charge is 0.234 e. The monoisotopic (exact) mass is 575 g/mol. The van der Waals surface area contributed by atoms with E-state index in [0.717, 1.165) is 47.3 Å². The molecule has 1 aliphatic rings. The summed E-state index contributed by atoms with van der Waals surface area (Å²) in [6, 6.07) is 19.6. The molecule has 2 amide bonds. The van der Waals surface area contributed by atoms with E-state index < -0.39 is 0 Å². The third kappa shape index (κ3) is 8.88. The quantitative estimate of drug-likeness (QED) is 0.394. The highest BCUT2D eigenvalue weighted by molar-refractivity contribution is 5.79. The third-order valence-corrected chi connectivity index (χ3v) is 7.11. The molecule has 9 heteroatoms. The largest absolute Gasteiger partial charge is 0.493 e. The molecule has 9 nitrogen and oxygen atoms in total. The second-order valence-electron chi connectivity index (χ2n) is 10.3. The summed E-state index contributed by atoms with van der Waals surface area (Å²) in [5, 5.41) is 6.04. The van der Waals surface area contributed by atoms with Crippen molar-refractivity contribution in [3.05, 3.63) is 82.9 Å². The van der Waals surface area contributed by atoms with Crippen LogP contribution in [-0.4, -0.2) is 57.7 Å². The highest BCUT2D eigenvalue weighted by Gasteiger charge is 2.18. The number of carbonyl (C=O) groups is 2. The zero-order chi connectivity index (χ0) is 29.7. The van der Waals surface area contributed by atoms with Crippen molar-refractivity contribution in [1.29, 1.82) is 0 Å². The molecule has 0 atom stereocenters. The van der Waals surface area contributed by atoms with Gasteiger partial charge in [-0.1, -0.05) is 42.5 Å². The van der Waals surface area contributed by atoms with Gasteiger partial charge in [0.15, 0.2) is 11.5 Å². The maximum absolute atomic E-state index is 13.0. The Morgan fingerprint density at radius 3 is 2.36 bits per heavy atom. The van der Waals surface area contributed by atoms with Crippen LogP contribution >= 0.6 is 0 Å². The molecular formula is C33H41N3O6. The van der Waals surface area contributed by atoms with Gasteiger partial charge in [-0.2, -0.15) is 0 Å². The van der Waals surface area contributed by atoms with Crippen molar-refractivity contribution in [2.24, 2.45) is 0 Å². The van der Waals surface area contributed by atoms with Gasteiger partial charge in [-0.05, 0) is 54.2 Å². The van der Waals surface area contributed by atoms with Gasteiger partial charge >= 0.3 is 0 Å². The average Bonchev–Trinajstić information content (AvgIpc) is 3.01. The van der Waals surface area contributed by atoms with Crippen molar-refractivity contribution in [2.45, 2.75) is 45.3 Å². The molecule has 0 aliphatic carbocycles. The summed E-state index contributed by atoms with van der Waals surface area (Å²) in [6.45, 7) is 2.98. The van der Waals surface area contributed by atoms with Gasteiger partial charge in [0.25, 0.3) is 0 Å². The minimum absolute atomic E-state index is 0.00923. The molecule has 42 heavy (non-hydrogen) atoms. The second kappa shape index (κ2) is 15.7. The van der Waals surface area contributed by atoms with Crippen LogP contribution in [0.2, 0.25) is 0 Å². The van der Waals surface area contributed by atoms with Crippen LogP contribution in [0.4, 0.5) is 0 Å². The molecule has 3 aromatic rings. The Labute approximate surface area is 248 Å². The first-order valence-electron chi connectivity index (χ1n) is 14.3. The lowest BCUT2D eigenvalue weighted by atomic mass is 10.1. The molecule has 3 aromatic carbocycles. The van der Waals surface area contributed by atoms with Gasteiger partial charge in [0.1, 0.15) is 5.75 Å². The van der Waals surface area contributed by atoms with E-state index in [0.29, 0.717) is 50.0 Å². The molecule has 0 radical (unpaired) electrons. The lowest BCUT2D eigenvalue weighted by Gasteiger charge is -2.23. The normalized spacial score (nSPS) is 14.6. The highest BCUT2D eigenvalue weighted by Crippen LogP contribution is 2.38. The average molecular weight is 576 g/mol. The van der Waals surface area contributed by atoms with Gasteiger partial charge in [0.2, 0.25) is 17.6 Å². The fourth-order valence-corrected chi connectivity index (χ4v) is 5.02. The molecule has 4 rings (SSSR count). The maximum Gasteiger partial charge on any atom is 0.234 e. The van der Waals surface area contributed by atoms with Crippen molar-refractivity contribution in [1.82, 2.24) is 15.5 Å². The van der Waals surface area contributed by atoms with E-state index in [1.165, 1.54) is 0 Å². The first kappa shape index (κ1) is 30.7. The van der Waals surface area contributed by atoms with Crippen molar-refractivity contribution >= 4 is 11.8 Å². The molecule has 0 bridgehead atoms. The summed E-state index contributed by atoms with van der Waals surface area (Å²) < 4.78 is 22.4. The van der Waals surface area contributed by atoms with E-state index >= 15 is 0 Å². The van der Waals surface area contributed by atoms with Gasteiger partial charge in [-0.15, -0.1) is 0 Å². The first-order chi connectivity index (χ1) is 20.5. The van der Waals surface area contributed by atoms with Crippen LogP contribution in [0.15, 0.2) is 60.7 Å². The number of carbonyl (C=O) groups excluding carboxylic acids is 2. The molecule has 0 spiro atoms. The molecule has 0 unspecified atom stereocenters. The van der Waals surface area contributed by atoms with E-state index in [1.807, 2.05) is 48.5 Å². The Bertz CT molecular complexity index is 1310.